The predicted molar refractivity (Wildman–Crippen MR) is 340 cm³/mol. The number of aromatic nitrogens is 1. The molecule has 380 valence electrons. The molecular weight excluding hydrogens is 977 g/mol. The van der Waals surface area contributed by atoms with Crippen LogP contribution in [0, 0.1) is 0 Å². The maximum Gasteiger partial charge on any atom is 0.0714 e. The van der Waals surface area contributed by atoms with E-state index in [4.69, 9.17) is 0 Å². The summed E-state index contributed by atoms with van der Waals surface area (Å²) in [5, 5.41) is 2.47. The molecule has 0 fully saturated rings. The quantitative estimate of drug-likeness (QED) is 0.125. The van der Waals surface area contributed by atoms with Crippen LogP contribution in [-0.4, -0.2) is 4.57 Å². The smallest absolute Gasteiger partial charge is 0.0714 e. The average Bonchev–Trinajstić information content (AvgIpc) is 4.28. The molecule has 0 bridgehead atoms. The van der Waals surface area contributed by atoms with E-state index in [2.05, 4.69) is 337 Å². The van der Waals surface area contributed by atoms with Crippen molar-refractivity contribution in [1.82, 2.24) is 4.57 Å². The third-order valence-electron chi connectivity index (χ3n) is 16.7. The lowest BCUT2D eigenvalue weighted by Gasteiger charge is -2.35. The Bertz CT molecular complexity index is 4560. The zero-order valence-electron chi connectivity index (χ0n) is 44.6. The monoisotopic (exact) mass is 1030 g/mol. The summed E-state index contributed by atoms with van der Waals surface area (Å²) in [5.41, 5.74) is 25.5. The molecule has 0 atom stereocenters. The molecule has 13 aromatic carbocycles. The molecule has 1 heterocycles. The Morgan fingerprint density at radius 2 is 0.691 bits per heavy atom. The first kappa shape index (κ1) is 47.7. The topological polar surface area (TPSA) is 8.17 Å². The number of fused-ring (bicyclic) bond motifs is 6. The molecule has 1 aliphatic carbocycles. The summed E-state index contributed by atoms with van der Waals surface area (Å²) in [7, 11) is 0. The molecule has 0 N–H and O–H groups in total. The first-order valence-corrected chi connectivity index (χ1v) is 28.0. The van der Waals surface area contributed by atoms with Gasteiger partial charge in [-0.3, -0.25) is 0 Å². The second kappa shape index (κ2) is 20.0. The lowest BCUT2D eigenvalue weighted by atomic mass is 9.67. The Hall–Kier alpha value is -10.5. The number of para-hydroxylation sites is 2. The number of hydrogen-bond donors (Lipinski definition) is 0. The van der Waals surface area contributed by atoms with Gasteiger partial charge in [0.25, 0.3) is 0 Å². The van der Waals surface area contributed by atoms with Gasteiger partial charge in [-0.2, -0.15) is 0 Å². The molecule has 0 radical (unpaired) electrons. The molecule has 0 saturated heterocycles. The zero-order valence-corrected chi connectivity index (χ0v) is 44.6. The normalized spacial score (nSPS) is 12.3. The minimum absolute atomic E-state index is 0.559. The van der Waals surface area contributed by atoms with Crippen LogP contribution in [0.1, 0.15) is 22.3 Å². The third kappa shape index (κ3) is 8.19. The first-order chi connectivity index (χ1) is 40.2. The fraction of sp³-hybridized carbons (Fsp3) is 0.0127. The highest BCUT2D eigenvalue weighted by atomic mass is 15.1. The second-order valence-electron chi connectivity index (χ2n) is 21.2. The van der Waals surface area contributed by atoms with Crippen molar-refractivity contribution in [3.05, 3.63) is 350 Å². The summed E-state index contributed by atoms with van der Waals surface area (Å²) >= 11 is 0. The van der Waals surface area contributed by atoms with Gasteiger partial charge in [0.15, 0.2) is 0 Å². The van der Waals surface area contributed by atoms with E-state index >= 15 is 0 Å². The molecule has 14 aromatic rings. The number of hydrogen-bond acceptors (Lipinski definition) is 1. The Labute approximate surface area is 473 Å². The molecule has 0 aliphatic heterocycles. The van der Waals surface area contributed by atoms with Crippen molar-refractivity contribution in [2.45, 2.75) is 5.41 Å². The van der Waals surface area contributed by atoms with E-state index in [-0.39, 0.29) is 0 Å². The van der Waals surface area contributed by atoms with Crippen LogP contribution in [0.4, 0.5) is 17.1 Å². The fourth-order valence-corrected chi connectivity index (χ4v) is 13.0. The fourth-order valence-electron chi connectivity index (χ4n) is 13.0. The van der Waals surface area contributed by atoms with Gasteiger partial charge in [0.05, 0.1) is 22.1 Å². The van der Waals surface area contributed by atoms with Gasteiger partial charge in [-0.1, -0.05) is 261 Å². The summed E-state index contributed by atoms with van der Waals surface area (Å²) in [6.45, 7) is 0. The van der Waals surface area contributed by atoms with Gasteiger partial charge in [-0.05, 0) is 150 Å². The van der Waals surface area contributed by atoms with Crippen molar-refractivity contribution in [3.63, 3.8) is 0 Å². The van der Waals surface area contributed by atoms with Crippen LogP contribution in [0.3, 0.4) is 0 Å². The summed E-state index contributed by atoms with van der Waals surface area (Å²) in [5.74, 6) is 0. The number of anilines is 3. The Kier molecular flexibility index (Phi) is 11.8. The van der Waals surface area contributed by atoms with Gasteiger partial charge < -0.3 is 9.47 Å². The highest BCUT2D eigenvalue weighted by molar-refractivity contribution is 6.10. The predicted octanol–water partition coefficient (Wildman–Crippen LogP) is 21.0. The highest BCUT2D eigenvalue weighted by Crippen LogP contribution is 2.57. The molecule has 1 aromatic heterocycles. The molecular formula is C79H54N2. The van der Waals surface area contributed by atoms with Crippen molar-refractivity contribution in [2.24, 2.45) is 0 Å². The van der Waals surface area contributed by atoms with E-state index in [1.54, 1.807) is 0 Å². The van der Waals surface area contributed by atoms with Crippen LogP contribution in [0.15, 0.2) is 328 Å². The van der Waals surface area contributed by atoms with Crippen LogP contribution >= 0.6 is 0 Å². The summed E-state index contributed by atoms with van der Waals surface area (Å²) < 4.78 is 2.42. The van der Waals surface area contributed by atoms with Gasteiger partial charge in [-0.25, -0.2) is 0 Å². The average molecular weight is 1030 g/mol. The van der Waals surface area contributed by atoms with Crippen molar-refractivity contribution in [2.75, 3.05) is 4.90 Å². The molecule has 0 saturated carbocycles. The van der Waals surface area contributed by atoms with Gasteiger partial charge >= 0.3 is 0 Å². The van der Waals surface area contributed by atoms with Gasteiger partial charge in [-0.15, -0.1) is 0 Å². The first-order valence-electron chi connectivity index (χ1n) is 28.0. The van der Waals surface area contributed by atoms with Gasteiger partial charge in [0.1, 0.15) is 0 Å². The molecule has 0 amide bonds. The van der Waals surface area contributed by atoms with Gasteiger partial charge in [0, 0.05) is 33.4 Å². The number of benzene rings is 13. The van der Waals surface area contributed by atoms with Crippen molar-refractivity contribution in [1.29, 1.82) is 0 Å². The summed E-state index contributed by atoms with van der Waals surface area (Å²) in [4.78, 5) is 2.48. The minimum atomic E-state index is -0.559. The second-order valence-corrected chi connectivity index (χ2v) is 21.2. The summed E-state index contributed by atoms with van der Waals surface area (Å²) in [6.07, 6.45) is 0. The number of nitrogens with zero attached hydrogens (tertiary/aromatic N) is 2. The highest BCUT2D eigenvalue weighted by Gasteiger charge is 2.46. The Morgan fingerprint density at radius 3 is 1.38 bits per heavy atom. The maximum atomic E-state index is 2.48. The lowest BCUT2D eigenvalue weighted by molar-refractivity contribution is 0.768. The summed E-state index contributed by atoms with van der Waals surface area (Å²) in [6, 6.07) is 120. The van der Waals surface area contributed by atoms with Crippen LogP contribution in [0.2, 0.25) is 0 Å². The van der Waals surface area contributed by atoms with E-state index in [0.717, 1.165) is 50.6 Å². The van der Waals surface area contributed by atoms with E-state index < -0.39 is 5.41 Å². The molecule has 2 nitrogen and oxygen atoms in total. The standard InChI is InChI=1S/C79H54N2/c1-5-21-55(22-6-1)57-39-46-67(47-40-57)81-77-38-18-15-35-72(77)73-49-43-62(53-78(73)81)61-27-20-28-63(52-61)69-33-14-17-37-76(69)80(66-44-41-58(42-45-66)60-26-19-25-59(51-60)56-23-7-2-8-24-56)68-48-50-71-70-34-13-16-36-74(70)79(75(71)54-68,64-29-9-3-10-30-64)65-31-11-4-12-32-65/h1-54H. The molecule has 2 heteroatoms. The molecule has 0 spiro atoms. The van der Waals surface area contributed by atoms with E-state index in [1.807, 2.05) is 0 Å². The largest absolute Gasteiger partial charge is 0.310 e. The van der Waals surface area contributed by atoms with Crippen LogP contribution in [-0.2, 0) is 5.41 Å². The minimum Gasteiger partial charge on any atom is -0.310 e. The van der Waals surface area contributed by atoms with Crippen LogP contribution < -0.4 is 4.90 Å². The molecule has 1 aliphatic rings. The maximum absolute atomic E-state index is 2.48. The molecule has 0 unspecified atom stereocenters. The van der Waals surface area contributed by atoms with Crippen molar-refractivity contribution in [3.8, 4) is 72.4 Å². The van der Waals surface area contributed by atoms with Crippen LogP contribution in [0.5, 0.6) is 0 Å². The lowest BCUT2D eigenvalue weighted by Crippen LogP contribution is -2.28. The van der Waals surface area contributed by atoms with E-state index in [0.29, 0.717) is 0 Å². The van der Waals surface area contributed by atoms with E-state index in [9.17, 15) is 0 Å². The molecule has 15 rings (SSSR count). The number of rotatable bonds is 11. The van der Waals surface area contributed by atoms with Crippen LogP contribution in [0.25, 0.3) is 94.3 Å². The van der Waals surface area contributed by atoms with Crippen molar-refractivity contribution >= 4 is 38.9 Å². The van der Waals surface area contributed by atoms with E-state index in [1.165, 1.54) is 83.0 Å². The Morgan fingerprint density at radius 1 is 0.247 bits per heavy atom. The van der Waals surface area contributed by atoms with Gasteiger partial charge in [0.2, 0.25) is 0 Å². The Balaban J connectivity index is 0.884. The zero-order chi connectivity index (χ0) is 53.7. The third-order valence-corrected chi connectivity index (χ3v) is 16.7. The molecule has 81 heavy (non-hydrogen) atoms. The SMILES string of the molecule is c1ccc(-c2ccc(-n3c4ccccc4c4ccc(-c5cccc(-c6ccccc6N(c6ccc(-c7cccc(-c8ccccc8)c7)cc6)c6ccc7c(c6)C(c6ccccc6)(c6ccccc6)c6ccccc6-7)c5)cc43)cc2)cc1. The van der Waals surface area contributed by atoms with Crippen molar-refractivity contribution < 1.29 is 0 Å².